The van der Waals surface area contributed by atoms with Crippen LogP contribution in [0.3, 0.4) is 0 Å². The predicted octanol–water partition coefficient (Wildman–Crippen LogP) is 1.91. The highest BCUT2D eigenvalue weighted by atomic mass is 19.3. The molecule has 0 unspecified atom stereocenters. The lowest BCUT2D eigenvalue weighted by Gasteiger charge is -2.37. The second-order valence-corrected chi connectivity index (χ2v) is 5.47. The third-order valence-corrected chi connectivity index (χ3v) is 3.35. The summed E-state index contributed by atoms with van der Waals surface area (Å²) in [7, 11) is 0. The number of carbonyl (C=O) groups excluding carboxylic acids is 1. The Morgan fingerprint density at radius 1 is 1.35 bits per heavy atom. The Bertz CT molecular complexity index is 757. The fraction of sp³-hybridized carbons (Fsp3) is 0.267. The van der Waals surface area contributed by atoms with E-state index in [2.05, 4.69) is 10.1 Å². The number of aromatic nitrogens is 3. The molecule has 1 fully saturated rings. The maximum Gasteiger partial charge on any atom is 0.282 e. The minimum atomic E-state index is -2.78. The van der Waals surface area contributed by atoms with Crippen molar-refractivity contribution >= 4 is 12.1 Å². The van der Waals surface area contributed by atoms with Crippen LogP contribution >= 0.6 is 0 Å². The lowest BCUT2D eigenvalue weighted by Crippen LogP contribution is -2.58. The van der Waals surface area contributed by atoms with Crippen molar-refractivity contribution in [2.24, 2.45) is 0 Å². The Morgan fingerprint density at radius 3 is 2.74 bits per heavy atom. The average molecular weight is 320 g/mol. The molecule has 120 valence electrons. The zero-order valence-corrected chi connectivity index (χ0v) is 12.3. The third-order valence-electron chi connectivity index (χ3n) is 3.35. The normalized spacial score (nSPS) is 16.6. The van der Waals surface area contributed by atoms with E-state index >= 15 is 0 Å². The summed E-state index contributed by atoms with van der Waals surface area (Å²) in [4.78, 5) is 16.8. The SMILES string of the molecule is Cc1cc(O)cc(-c2ncn(/C=C\C(=O)N3CC(F)(F)C3)n2)c1. The van der Waals surface area contributed by atoms with Gasteiger partial charge in [0.2, 0.25) is 5.91 Å². The van der Waals surface area contributed by atoms with Crippen LogP contribution in [0.2, 0.25) is 0 Å². The number of phenolic OH excluding ortho intramolecular Hbond substituents is 1. The zero-order chi connectivity index (χ0) is 16.6. The molecule has 0 radical (unpaired) electrons. The average Bonchev–Trinajstić information content (AvgIpc) is 2.90. The van der Waals surface area contributed by atoms with E-state index in [0.29, 0.717) is 11.4 Å². The number of phenols is 1. The van der Waals surface area contributed by atoms with Gasteiger partial charge in [-0.2, -0.15) is 0 Å². The van der Waals surface area contributed by atoms with Gasteiger partial charge in [-0.25, -0.2) is 18.4 Å². The number of nitrogens with zero attached hydrogens (tertiary/aromatic N) is 4. The van der Waals surface area contributed by atoms with Crippen LogP contribution in [0, 0.1) is 6.92 Å². The quantitative estimate of drug-likeness (QED) is 0.877. The van der Waals surface area contributed by atoms with Crippen LogP contribution in [-0.2, 0) is 4.79 Å². The molecule has 1 aromatic carbocycles. The largest absolute Gasteiger partial charge is 0.508 e. The van der Waals surface area contributed by atoms with Crippen molar-refractivity contribution in [1.82, 2.24) is 19.7 Å². The van der Waals surface area contributed by atoms with E-state index in [-0.39, 0.29) is 5.75 Å². The highest BCUT2D eigenvalue weighted by Gasteiger charge is 2.45. The number of aryl methyl sites for hydroxylation is 1. The van der Waals surface area contributed by atoms with Gasteiger partial charge in [-0.1, -0.05) is 0 Å². The summed E-state index contributed by atoms with van der Waals surface area (Å²) in [6.45, 7) is 0.727. The van der Waals surface area contributed by atoms with Crippen molar-refractivity contribution in [3.05, 3.63) is 36.2 Å². The molecule has 3 rings (SSSR count). The molecule has 0 aliphatic carbocycles. The highest BCUT2D eigenvalue weighted by Crippen LogP contribution is 2.26. The second kappa shape index (κ2) is 5.45. The van der Waals surface area contributed by atoms with Crippen molar-refractivity contribution in [3.8, 4) is 17.1 Å². The number of halogens is 2. The lowest BCUT2D eigenvalue weighted by atomic mass is 10.1. The number of amides is 1. The van der Waals surface area contributed by atoms with Crippen LogP contribution in [0.5, 0.6) is 5.75 Å². The molecule has 1 N–H and O–H groups in total. The lowest BCUT2D eigenvalue weighted by molar-refractivity contribution is -0.160. The smallest absolute Gasteiger partial charge is 0.282 e. The van der Waals surface area contributed by atoms with Crippen LogP contribution < -0.4 is 0 Å². The van der Waals surface area contributed by atoms with Crippen LogP contribution in [0.25, 0.3) is 17.6 Å². The number of aromatic hydroxyl groups is 1. The number of benzene rings is 1. The van der Waals surface area contributed by atoms with E-state index < -0.39 is 24.9 Å². The van der Waals surface area contributed by atoms with Gasteiger partial charge < -0.3 is 10.0 Å². The molecule has 1 saturated heterocycles. The van der Waals surface area contributed by atoms with Crippen LogP contribution in [0.1, 0.15) is 5.56 Å². The van der Waals surface area contributed by atoms with Gasteiger partial charge in [-0.05, 0) is 30.7 Å². The molecule has 2 heterocycles. The molecule has 8 heteroatoms. The molecule has 6 nitrogen and oxygen atoms in total. The number of rotatable bonds is 3. The van der Waals surface area contributed by atoms with Gasteiger partial charge in [0.05, 0.1) is 13.1 Å². The van der Waals surface area contributed by atoms with E-state index in [9.17, 15) is 18.7 Å². The second-order valence-electron chi connectivity index (χ2n) is 5.47. The summed E-state index contributed by atoms with van der Waals surface area (Å²) in [5.41, 5.74) is 1.50. The zero-order valence-electron chi connectivity index (χ0n) is 12.3. The molecular formula is C15H14F2N4O2. The van der Waals surface area contributed by atoms with E-state index in [0.717, 1.165) is 10.5 Å². The summed E-state index contributed by atoms with van der Waals surface area (Å²) in [6, 6.07) is 4.96. The molecule has 0 saturated carbocycles. The summed E-state index contributed by atoms with van der Waals surface area (Å²) < 4.78 is 26.7. The first-order valence-corrected chi connectivity index (χ1v) is 6.89. The fourth-order valence-electron chi connectivity index (χ4n) is 2.28. The maximum absolute atomic E-state index is 12.7. The topological polar surface area (TPSA) is 71.2 Å². The Hall–Kier alpha value is -2.77. The first kappa shape index (κ1) is 15.1. The van der Waals surface area contributed by atoms with Crippen molar-refractivity contribution in [2.75, 3.05) is 13.1 Å². The summed E-state index contributed by atoms with van der Waals surface area (Å²) in [6.07, 6.45) is 3.91. The first-order valence-electron chi connectivity index (χ1n) is 6.89. The number of hydrogen-bond acceptors (Lipinski definition) is 4. The predicted molar refractivity (Wildman–Crippen MR) is 78.7 cm³/mol. The van der Waals surface area contributed by atoms with Crippen molar-refractivity contribution in [1.29, 1.82) is 0 Å². The molecule has 1 aromatic heterocycles. The minimum Gasteiger partial charge on any atom is -0.508 e. The fourth-order valence-corrected chi connectivity index (χ4v) is 2.28. The van der Waals surface area contributed by atoms with Gasteiger partial charge in [0.15, 0.2) is 5.82 Å². The van der Waals surface area contributed by atoms with Crippen LogP contribution in [0.4, 0.5) is 8.78 Å². The number of alkyl halides is 2. The van der Waals surface area contributed by atoms with Crippen LogP contribution in [-0.4, -0.2) is 49.7 Å². The standard InChI is InChI=1S/C15H14F2N4O2/c1-10-4-11(6-12(22)5-10)14-18-9-21(19-14)3-2-13(23)20-7-15(16,17)8-20/h2-6,9,22H,7-8H2,1H3/b3-2-. The minimum absolute atomic E-state index is 0.112. The molecule has 0 bridgehead atoms. The van der Waals surface area contributed by atoms with Gasteiger partial charge in [-0.3, -0.25) is 4.79 Å². The van der Waals surface area contributed by atoms with Gasteiger partial charge in [0.25, 0.3) is 5.92 Å². The van der Waals surface area contributed by atoms with Gasteiger partial charge in [0.1, 0.15) is 12.1 Å². The number of carbonyl (C=O) groups is 1. The molecule has 2 aromatic rings. The molecule has 23 heavy (non-hydrogen) atoms. The summed E-state index contributed by atoms with van der Waals surface area (Å²) in [5.74, 6) is -2.78. The number of likely N-dealkylation sites (tertiary alicyclic amines) is 1. The van der Waals surface area contributed by atoms with Crippen molar-refractivity contribution in [2.45, 2.75) is 12.8 Å². The third kappa shape index (κ3) is 3.36. The molecular weight excluding hydrogens is 306 g/mol. The van der Waals surface area contributed by atoms with Crippen LogP contribution in [0.15, 0.2) is 30.6 Å². The van der Waals surface area contributed by atoms with E-state index in [4.69, 9.17) is 0 Å². The number of hydrogen-bond donors (Lipinski definition) is 1. The van der Waals surface area contributed by atoms with Gasteiger partial charge in [0, 0.05) is 17.8 Å². The summed E-state index contributed by atoms with van der Waals surface area (Å²) >= 11 is 0. The Labute approximate surface area is 130 Å². The Kier molecular flexibility index (Phi) is 3.59. The van der Waals surface area contributed by atoms with Gasteiger partial charge in [-0.15, -0.1) is 5.10 Å². The van der Waals surface area contributed by atoms with E-state index in [1.54, 1.807) is 6.07 Å². The molecule has 0 atom stereocenters. The van der Waals surface area contributed by atoms with Crippen molar-refractivity contribution < 1.29 is 18.7 Å². The Morgan fingerprint density at radius 2 is 2.09 bits per heavy atom. The molecule has 1 aliphatic heterocycles. The Balaban J connectivity index is 1.70. The first-order chi connectivity index (χ1) is 10.8. The maximum atomic E-state index is 12.7. The molecule has 1 amide bonds. The van der Waals surface area contributed by atoms with E-state index in [1.165, 1.54) is 29.4 Å². The van der Waals surface area contributed by atoms with Gasteiger partial charge >= 0.3 is 0 Å². The molecule has 0 spiro atoms. The molecule has 1 aliphatic rings. The monoisotopic (exact) mass is 320 g/mol. The highest BCUT2D eigenvalue weighted by molar-refractivity contribution is 5.90. The van der Waals surface area contributed by atoms with Crippen molar-refractivity contribution in [3.63, 3.8) is 0 Å². The van der Waals surface area contributed by atoms with E-state index in [1.807, 2.05) is 13.0 Å². The summed E-state index contributed by atoms with van der Waals surface area (Å²) in [5, 5.41) is 13.7.